The molecule has 0 spiro atoms. The van der Waals surface area contributed by atoms with E-state index in [9.17, 15) is 14.0 Å². The predicted octanol–water partition coefficient (Wildman–Crippen LogP) is 3.28. The first-order valence-electron chi connectivity index (χ1n) is 9.66. The second-order valence-electron chi connectivity index (χ2n) is 7.20. The molecule has 0 aromatic heterocycles. The number of halogens is 1. The monoisotopic (exact) mass is 399 g/mol. The summed E-state index contributed by atoms with van der Waals surface area (Å²) >= 11 is 0. The minimum Gasteiger partial charge on any atom is -0.497 e. The molecule has 2 aromatic rings. The molecule has 0 bridgehead atoms. The van der Waals surface area contributed by atoms with Gasteiger partial charge in [0, 0.05) is 32.7 Å². The second-order valence-corrected chi connectivity index (χ2v) is 7.20. The molecule has 6 nitrogen and oxygen atoms in total. The van der Waals surface area contributed by atoms with Gasteiger partial charge in [-0.25, -0.2) is 9.18 Å². The molecule has 1 aliphatic heterocycles. The third kappa shape index (κ3) is 5.25. The van der Waals surface area contributed by atoms with Gasteiger partial charge in [-0.15, -0.1) is 0 Å². The Hall–Kier alpha value is -3.09. The molecule has 1 heterocycles. The summed E-state index contributed by atoms with van der Waals surface area (Å²) in [6.07, 6.45) is 1.28. The highest BCUT2D eigenvalue weighted by molar-refractivity contribution is 5.94. The summed E-state index contributed by atoms with van der Waals surface area (Å²) in [4.78, 5) is 28.2. The van der Waals surface area contributed by atoms with E-state index in [2.05, 4.69) is 5.32 Å². The number of nitrogens with zero attached hydrogens (tertiary/aromatic N) is 2. The number of ether oxygens (including phenoxy) is 1. The van der Waals surface area contributed by atoms with Crippen LogP contribution >= 0.6 is 0 Å². The first-order chi connectivity index (χ1) is 14.0. The highest BCUT2D eigenvalue weighted by Crippen LogP contribution is 2.17. The summed E-state index contributed by atoms with van der Waals surface area (Å²) in [5, 5.41) is 3.02. The molecular weight excluding hydrogens is 373 g/mol. The number of methoxy groups -OCH3 is 1. The molecule has 3 rings (SSSR count). The molecular formula is C22H26FN3O3. The molecule has 0 unspecified atom stereocenters. The summed E-state index contributed by atoms with van der Waals surface area (Å²) < 4.78 is 19.0. The van der Waals surface area contributed by atoms with Crippen molar-refractivity contribution >= 4 is 11.9 Å². The van der Waals surface area contributed by atoms with Crippen LogP contribution in [0.25, 0.3) is 0 Å². The van der Waals surface area contributed by atoms with Crippen LogP contribution in [0.1, 0.15) is 28.8 Å². The molecule has 154 valence electrons. The number of carbonyl (C=O) groups is 2. The molecule has 0 radical (unpaired) electrons. The number of likely N-dealkylation sites (tertiary alicyclic amines) is 1. The highest BCUT2D eigenvalue weighted by atomic mass is 19.1. The number of urea groups is 1. The number of nitrogens with one attached hydrogen (secondary N) is 1. The Morgan fingerprint density at radius 3 is 2.41 bits per heavy atom. The zero-order valence-electron chi connectivity index (χ0n) is 16.7. The molecule has 1 N–H and O–H groups in total. The van der Waals surface area contributed by atoms with Gasteiger partial charge in [0.25, 0.3) is 5.91 Å². The van der Waals surface area contributed by atoms with Gasteiger partial charge in [0.1, 0.15) is 11.6 Å². The molecule has 0 saturated carbocycles. The van der Waals surface area contributed by atoms with Crippen molar-refractivity contribution in [3.05, 3.63) is 65.5 Å². The van der Waals surface area contributed by atoms with E-state index >= 15 is 0 Å². The van der Waals surface area contributed by atoms with Crippen LogP contribution in [0.2, 0.25) is 0 Å². The van der Waals surface area contributed by atoms with E-state index in [-0.39, 0.29) is 23.5 Å². The van der Waals surface area contributed by atoms with Crippen LogP contribution < -0.4 is 10.1 Å². The van der Waals surface area contributed by atoms with E-state index in [1.807, 2.05) is 24.3 Å². The fraction of sp³-hybridized carbons (Fsp3) is 0.364. The van der Waals surface area contributed by atoms with Gasteiger partial charge in [0.05, 0.1) is 12.7 Å². The van der Waals surface area contributed by atoms with E-state index in [4.69, 9.17) is 4.74 Å². The Morgan fingerprint density at radius 1 is 1.14 bits per heavy atom. The number of hydrogen-bond acceptors (Lipinski definition) is 3. The van der Waals surface area contributed by atoms with Crippen molar-refractivity contribution in [1.82, 2.24) is 15.1 Å². The van der Waals surface area contributed by atoms with Crippen LogP contribution in [0, 0.1) is 5.82 Å². The largest absolute Gasteiger partial charge is 0.497 e. The fourth-order valence-electron chi connectivity index (χ4n) is 3.39. The van der Waals surface area contributed by atoms with Crippen LogP contribution in [0.4, 0.5) is 9.18 Å². The molecule has 0 aliphatic carbocycles. The molecule has 1 fully saturated rings. The fourth-order valence-corrected chi connectivity index (χ4v) is 3.39. The molecule has 1 aliphatic rings. The number of piperidine rings is 1. The normalized spacial score (nSPS) is 14.4. The van der Waals surface area contributed by atoms with E-state index in [0.29, 0.717) is 32.5 Å². The van der Waals surface area contributed by atoms with Crippen molar-refractivity contribution in [2.24, 2.45) is 0 Å². The maximum Gasteiger partial charge on any atom is 0.317 e. The van der Waals surface area contributed by atoms with E-state index in [1.54, 1.807) is 36.1 Å². The SMILES string of the molecule is COc1ccc(CN(C)C(=O)NC2CCN(C(=O)c3ccccc3F)CC2)cc1. The van der Waals surface area contributed by atoms with Crippen molar-refractivity contribution < 1.29 is 18.7 Å². The molecule has 3 amide bonds. The number of carbonyl (C=O) groups excluding carboxylic acids is 2. The predicted molar refractivity (Wildman–Crippen MR) is 108 cm³/mol. The lowest BCUT2D eigenvalue weighted by molar-refractivity contribution is 0.0702. The van der Waals surface area contributed by atoms with Crippen LogP contribution in [0.5, 0.6) is 5.75 Å². The average Bonchev–Trinajstić information content (AvgIpc) is 2.74. The Balaban J connectivity index is 1.47. The lowest BCUT2D eigenvalue weighted by Gasteiger charge is -2.33. The first kappa shape index (κ1) is 20.6. The van der Waals surface area contributed by atoms with E-state index in [0.717, 1.165) is 11.3 Å². The Bertz CT molecular complexity index is 849. The van der Waals surface area contributed by atoms with Crippen molar-refractivity contribution in [1.29, 1.82) is 0 Å². The molecule has 29 heavy (non-hydrogen) atoms. The number of hydrogen-bond donors (Lipinski definition) is 1. The minimum atomic E-state index is -0.506. The summed E-state index contributed by atoms with van der Waals surface area (Å²) in [6, 6.07) is 13.4. The number of rotatable bonds is 5. The van der Waals surface area contributed by atoms with Crippen LogP contribution in [-0.4, -0.2) is 55.0 Å². The minimum absolute atomic E-state index is 0.00881. The highest BCUT2D eigenvalue weighted by Gasteiger charge is 2.26. The summed E-state index contributed by atoms with van der Waals surface area (Å²) in [7, 11) is 3.36. The number of amides is 3. The smallest absolute Gasteiger partial charge is 0.317 e. The molecule has 7 heteroatoms. The summed E-state index contributed by atoms with van der Waals surface area (Å²) in [6.45, 7) is 1.46. The maximum atomic E-state index is 13.8. The lowest BCUT2D eigenvalue weighted by atomic mass is 10.0. The first-order valence-corrected chi connectivity index (χ1v) is 9.66. The van der Waals surface area contributed by atoms with E-state index in [1.165, 1.54) is 12.1 Å². The third-order valence-corrected chi connectivity index (χ3v) is 5.14. The molecule has 1 saturated heterocycles. The van der Waals surface area contributed by atoms with Gasteiger partial charge in [-0.1, -0.05) is 24.3 Å². The molecule has 0 atom stereocenters. The van der Waals surface area contributed by atoms with Crippen molar-refractivity contribution in [2.45, 2.75) is 25.4 Å². The standard InChI is InChI=1S/C22H26FN3O3/c1-25(15-16-7-9-18(29-2)10-8-16)22(28)24-17-11-13-26(14-12-17)21(27)19-5-3-4-6-20(19)23/h3-10,17H,11-15H2,1-2H3,(H,24,28). The van der Waals surface area contributed by atoms with Crippen molar-refractivity contribution in [3.8, 4) is 5.75 Å². The van der Waals surface area contributed by atoms with Gasteiger partial charge in [0.15, 0.2) is 0 Å². The van der Waals surface area contributed by atoms with Gasteiger partial charge in [-0.2, -0.15) is 0 Å². The van der Waals surface area contributed by atoms with Crippen LogP contribution in [-0.2, 0) is 6.54 Å². The zero-order valence-corrected chi connectivity index (χ0v) is 16.7. The van der Waals surface area contributed by atoms with Gasteiger partial charge in [-0.05, 0) is 42.7 Å². The van der Waals surface area contributed by atoms with E-state index < -0.39 is 5.82 Å². The van der Waals surface area contributed by atoms with Gasteiger partial charge in [0.2, 0.25) is 0 Å². The average molecular weight is 399 g/mol. The number of benzene rings is 2. The zero-order chi connectivity index (χ0) is 20.8. The van der Waals surface area contributed by atoms with Crippen molar-refractivity contribution in [3.63, 3.8) is 0 Å². The third-order valence-electron chi connectivity index (χ3n) is 5.14. The van der Waals surface area contributed by atoms with Crippen LogP contribution in [0.15, 0.2) is 48.5 Å². The summed E-state index contributed by atoms with van der Waals surface area (Å²) in [5.74, 6) is -0.0323. The van der Waals surface area contributed by atoms with Gasteiger partial charge < -0.3 is 19.9 Å². The molecule has 2 aromatic carbocycles. The Kier molecular flexibility index (Phi) is 6.69. The van der Waals surface area contributed by atoms with Gasteiger partial charge in [-0.3, -0.25) is 4.79 Å². The van der Waals surface area contributed by atoms with Gasteiger partial charge >= 0.3 is 6.03 Å². The quantitative estimate of drug-likeness (QED) is 0.839. The topological polar surface area (TPSA) is 61.9 Å². The maximum absolute atomic E-state index is 13.8. The second kappa shape index (κ2) is 9.41. The summed E-state index contributed by atoms with van der Waals surface area (Å²) in [5.41, 5.74) is 1.10. The van der Waals surface area contributed by atoms with Crippen molar-refractivity contribution in [2.75, 3.05) is 27.2 Å². The lowest BCUT2D eigenvalue weighted by Crippen LogP contribution is -2.49. The Labute approximate surface area is 170 Å². The van der Waals surface area contributed by atoms with Crippen LogP contribution in [0.3, 0.4) is 0 Å². The Morgan fingerprint density at radius 2 is 1.79 bits per heavy atom.